The molecule has 1 N–H and O–H groups in total. The molecule has 0 unspecified atom stereocenters. The van der Waals surface area contributed by atoms with Gasteiger partial charge in [-0.1, -0.05) is 12.2 Å². The number of aliphatic imine (C=N–C) groups is 1. The largest absolute Gasteiger partial charge is 0.503 e. The summed E-state index contributed by atoms with van der Waals surface area (Å²) in [5, 5.41) is 9.26. The van der Waals surface area contributed by atoms with Crippen molar-refractivity contribution in [3.8, 4) is 5.75 Å². The number of phenols is 1. The molecule has 1 rings (SSSR count). The van der Waals surface area contributed by atoms with Gasteiger partial charge in [-0.25, -0.2) is 4.39 Å². The molecule has 0 aliphatic carbocycles. The molecule has 0 aromatic heterocycles. The Kier molecular flexibility index (Phi) is 2.80. The predicted molar refractivity (Wildman–Crippen MR) is 52.0 cm³/mol. The van der Waals surface area contributed by atoms with E-state index >= 15 is 0 Å². The molecular weight excluding hydrogens is 169 g/mol. The molecule has 0 aliphatic rings. The molecular formula is C10H10FNO. The molecule has 0 amide bonds. The van der Waals surface area contributed by atoms with E-state index in [4.69, 9.17) is 0 Å². The second kappa shape index (κ2) is 3.85. The van der Waals surface area contributed by atoms with Crippen molar-refractivity contribution in [2.24, 2.45) is 4.99 Å². The topological polar surface area (TPSA) is 32.6 Å². The Morgan fingerprint density at radius 3 is 2.77 bits per heavy atom. The molecule has 0 fully saturated rings. The van der Waals surface area contributed by atoms with Gasteiger partial charge in [-0.3, -0.25) is 4.99 Å². The maximum atomic E-state index is 12.8. The van der Waals surface area contributed by atoms with Gasteiger partial charge in [0, 0.05) is 5.56 Å². The van der Waals surface area contributed by atoms with Gasteiger partial charge in [0.05, 0.1) is 0 Å². The summed E-state index contributed by atoms with van der Waals surface area (Å²) in [6.07, 6.45) is 3.50. The molecule has 1 aromatic carbocycles. The van der Waals surface area contributed by atoms with Crippen molar-refractivity contribution in [2.45, 2.75) is 6.92 Å². The highest BCUT2D eigenvalue weighted by Crippen LogP contribution is 2.33. The van der Waals surface area contributed by atoms with E-state index in [-0.39, 0.29) is 5.69 Å². The van der Waals surface area contributed by atoms with Gasteiger partial charge >= 0.3 is 0 Å². The summed E-state index contributed by atoms with van der Waals surface area (Å²) in [5.41, 5.74) is 0.828. The summed E-state index contributed by atoms with van der Waals surface area (Å²) < 4.78 is 12.8. The van der Waals surface area contributed by atoms with Crippen molar-refractivity contribution < 1.29 is 9.50 Å². The lowest BCUT2D eigenvalue weighted by atomic mass is 10.1. The predicted octanol–water partition coefficient (Wildman–Crippen LogP) is 2.90. The number of halogens is 1. The summed E-state index contributed by atoms with van der Waals surface area (Å²) in [5.74, 6) is -1.14. The van der Waals surface area contributed by atoms with Gasteiger partial charge in [0.2, 0.25) is 0 Å². The van der Waals surface area contributed by atoms with Crippen molar-refractivity contribution in [3.05, 3.63) is 29.6 Å². The normalized spacial score (nSPS) is 10.6. The number of hydrogen-bond acceptors (Lipinski definition) is 2. The zero-order valence-electron chi connectivity index (χ0n) is 7.29. The number of aromatic hydroxyl groups is 1. The van der Waals surface area contributed by atoms with Crippen molar-refractivity contribution >= 4 is 18.5 Å². The van der Waals surface area contributed by atoms with Crippen LogP contribution in [0.1, 0.15) is 12.5 Å². The monoisotopic (exact) mass is 179 g/mol. The summed E-state index contributed by atoms with van der Waals surface area (Å²) in [6.45, 7) is 5.09. The third-order valence-corrected chi connectivity index (χ3v) is 1.64. The average Bonchev–Trinajstić information content (AvgIpc) is 2.12. The van der Waals surface area contributed by atoms with Gasteiger partial charge < -0.3 is 5.11 Å². The number of benzene rings is 1. The number of hydrogen-bond donors (Lipinski definition) is 1. The molecule has 0 saturated heterocycles. The van der Waals surface area contributed by atoms with Crippen molar-refractivity contribution in [2.75, 3.05) is 0 Å². The zero-order valence-corrected chi connectivity index (χ0v) is 7.29. The van der Waals surface area contributed by atoms with E-state index in [2.05, 4.69) is 11.7 Å². The maximum Gasteiger partial charge on any atom is 0.178 e. The van der Waals surface area contributed by atoms with Crippen LogP contribution in [-0.4, -0.2) is 11.8 Å². The molecule has 68 valence electrons. The molecule has 0 radical (unpaired) electrons. The fourth-order valence-corrected chi connectivity index (χ4v) is 1.05. The van der Waals surface area contributed by atoms with Gasteiger partial charge in [0.15, 0.2) is 11.6 Å². The van der Waals surface area contributed by atoms with E-state index in [1.165, 1.54) is 6.07 Å². The van der Waals surface area contributed by atoms with E-state index < -0.39 is 11.6 Å². The highest BCUT2D eigenvalue weighted by molar-refractivity contribution is 5.71. The Balaban J connectivity index is 3.37. The molecule has 0 bridgehead atoms. The van der Waals surface area contributed by atoms with Gasteiger partial charge in [0.1, 0.15) is 5.69 Å². The molecule has 0 spiro atoms. The van der Waals surface area contributed by atoms with Crippen LogP contribution in [0.25, 0.3) is 6.08 Å². The highest BCUT2D eigenvalue weighted by Gasteiger charge is 2.08. The van der Waals surface area contributed by atoms with Crippen LogP contribution in [-0.2, 0) is 0 Å². The smallest absolute Gasteiger partial charge is 0.178 e. The van der Waals surface area contributed by atoms with E-state index in [9.17, 15) is 9.50 Å². The van der Waals surface area contributed by atoms with Gasteiger partial charge in [-0.2, -0.15) is 0 Å². The van der Waals surface area contributed by atoms with Crippen LogP contribution in [0.3, 0.4) is 0 Å². The molecule has 0 heterocycles. The Bertz CT molecular complexity index is 358. The lowest BCUT2D eigenvalue weighted by molar-refractivity contribution is 0.434. The minimum absolute atomic E-state index is 0.179. The van der Waals surface area contributed by atoms with Gasteiger partial charge in [-0.05, 0) is 25.8 Å². The zero-order chi connectivity index (χ0) is 9.84. The molecule has 0 atom stereocenters. The molecule has 2 nitrogen and oxygen atoms in total. The number of phenolic OH excluding ortho intramolecular Hbond substituents is 1. The van der Waals surface area contributed by atoms with Crippen LogP contribution in [0.2, 0.25) is 0 Å². The van der Waals surface area contributed by atoms with Crippen LogP contribution in [0.15, 0.2) is 23.2 Å². The first-order valence-corrected chi connectivity index (χ1v) is 3.81. The number of nitrogens with zero attached hydrogens (tertiary/aromatic N) is 1. The van der Waals surface area contributed by atoms with E-state index in [0.717, 1.165) is 0 Å². The standard InChI is InChI=1S/C10H10FNO/c1-3-4-7-5-6-8(11)10(13)9(7)12-2/h3-6,13H,2H2,1H3/b4-3-. The minimum atomic E-state index is -0.685. The quantitative estimate of drug-likeness (QED) is 0.695. The lowest BCUT2D eigenvalue weighted by Gasteiger charge is -2.03. The summed E-state index contributed by atoms with van der Waals surface area (Å²) in [6, 6.07) is 2.73. The van der Waals surface area contributed by atoms with Gasteiger partial charge in [0.25, 0.3) is 0 Å². The van der Waals surface area contributed by atoms with E-state index in [1.54, 1.807) is 18.2 Å². The van der Waals surface area contributed by atoms with Crippen LogP contribution in [0.4, 0.5) is 10.1 Å². The highest BCUT2D eigenvalue weighted by atomic mass is 19.1. The van der Waals surface area contributed by atoms with Crippen molar-refractivity contribution in [1.82, 2.24) is 0 Å². The first-order chi connectivity index (χ1) is 6.20. The van der Waals surface area contributed by atoms with Gasteiger partial charge in [-0.15, -0.1) is 0 Å². The maximum absolute atomic E-state index is 12.8. The number of rotatable bonds is 2. The Morgan fingerprint density at radius 2 is 2.23 bits per heavy atom. The van der Waals surface area contributed by atoms with E-state index in [1.807, 2.05) is 6.92 Å². The van der Waals surface area contributed by atoms with Crippen LogP contribution < -0.4 is 0 Å². The van der Waals surface area contributed by atoms with Crippen molar-refractivity contribution in [1.29, 1.82) is 0 Å². The van der Waals surface area contributed by atoms with E-state index in [0.29, 0.717) is 5.56 Å². The fourth-order valence-electron chi connectivity index (χ4n) is 1.05. The average molecular weight is 179 g/mol. The Labute approximate surface area is 76.1 Å². The molecule has 1 aromatic rings. The summed E-state index contributed by atoms with van der Waals surface area (Å²) in [4.78, 5) is 3.56. The second-order valence-electron chi connectivity index (χ2n) is 2.49. The summed E-state index contributed by atoms with van der Waals surface area (Å²) >= 11 is 0. The minimum Gasteiger partial charge on any atom is -0.503 e. The first-order valence-electron chi connectivity index (χ1n) is 3.81. The second-order valence-corrected chi connectivity index (χ2v) is 2.49. The molecule has 3 heteroatoms. The lowest BCUT2D eigenvalue weighted by Crippen LogP contribution is -1.80. The molecule has 13 heavy (non-hydrogen) atoms. The fraction of sp³-hybridized carbons (Fsp3) is 0.100. The number of allylic oxidation sites excluding steroid dienone is 1. The Morgan fingerprint density at radius 1 is 1.54 bits per heavy atom. The third-order valence-electron chi connectivity index (χ3n) is 1.64. The SMILES string of the molecule is C=Nc1c(/C=C\C)ccc(F)c1O. The van der Waals surface area contributed by atoms with Crippen LogP contribution in [0.5, 0.6) is 5.75 Å². The first kappa shape index (κ1) is 9.45. The summed E-state index contributed by atoms with van der Waals surface area (Å²) in [7, 11) is 0. The molecule has 0 aliphatic heterocycles. The van der Waals surface area contributed by atoms with Crippen LogP contribution >= 0.6 is 0 Å². The van der Waals surface area contributed by atoms with Crippen molar-refractivity contribution in [3.63, 3.8) is 0 Å². The Hall–Kier alpha value is -1.64. The third kappa shape index (κ3) is 1.75. The van der Waals surface area contributed by atoms with Crippen LogP contribution in [0, 0.1) is 5.82 Å². The molecule has 0 saturated carbocycles.